The van der Waals surface area contributed by atoms with E-state index in [4.69, 9.17) is 16.3 Å². The van der Waals surface area contributed by atoms with Gasteiger partial charge in [-0.25, -0.2) is 4.98 Å². The standard InChI is InChI=1S/C11H16ClN3O/c1-11(2,3)8-6-16-7-5-13-10(12)14-9(7)15(8)4/h5,8H,6H2,1-4H3/t8-/m1/s1. The van der Waals surface area contributed by atoms with Gasteiger partial charge in [0.25, 0.3) is 0 Å². The highest BCUT2D eigenvalue weighted by atomic mass is 35.5. The molecule has 0 saturated heterocycles. The number of halogens is 1. The SMILES string of the molecule is CN1c2nc(Cl)ncc2OC[C@@H]1C(C)(C)C. The highest BCUT2D eigenvalue weighted by Gasteiger charge is 2.34. The monoisotopic (exact) mass is 241 g/mol. The molecular formula is C11H16ClN3O. The first-order valence-corrected chi connectivity index (χ1v) is 5.65. The number of ether oxygens (including phenoxy) is 1. The van der Waals surface area contributed by atoms with E-state index in [1.807, 2.05) is 7.05 Å². The number of hydrogen-bond donors (Lipinski definition) is 0. The van der Waals surface area contributed by atoms with Gasteiger partial charge in [0.05, 0.1) is 12.2 Å². The second-order valence-electron chi connectivity index (χ2n) is 5.13. The Morgan fingerprint density at radius 1 is 1.50 bits per heavy atom. The molecule has 5 heteroatoms. The number of nitrogens with zero attached hydrogens (tertiary/aromatic N) is 3. The van der Waals surface area contributed by atoms with Crippen LogP contribution in [0.5, 0.6) is 5.75 Å². The predicted octanol–water partition coefficient (Wildman–Crippen LogP) is 2.37. The first kappa shape index (κ1) is 11.5. The van der Waals surface area contributed by atoms with Crippen LogP contribution in [0.1, 0.15) is 20.8 Å². The summed E-state index contributed by atoms with van der Waals surface area (Å²) in [5, 5.41) is 0.253. The van der Waals surface area contributed by atoms with E-state index >= 15 is 0 Å². The predicted molar refractivity (Wildman–Crippen MR) is 64.2 cm³/mol. The average molecular weight is 242 g/mol. The number of likely N-dealkylation sites (N-methyl/N-ethyl adjacent to an activating group) is 1. The molecule has 0 N–H and O–H groups in total. The van der Waals surface area contributed by atoms with E-state index in [0.717, 1.165) is 5.82 Å². The summed E-state index contributed by atoms with van der Waals surface area (Å²) in [7, 11) is 2.01. The summed E-state index contributed by atoms with van der Waals surface area (Å²) in [5.41, 5.74) is 0.129. The van der Waals surface area contributed by atoms with Gasteiger partial charge in [0.2, 0.25) is 5.28 Å². The van der Waals surface area contributed by atoms with E-state index in [1.165, 1.54) is 0 Å². The molecule has 0 fully saturated rings. The minimum Gasteiger partial charge on any atom is -0.486 e. The molecule has 4 nitrogen and oxygen atoms in total. The number of anilines is 1. The first-order valence-electron chi connectivity index (χ1n) is 5.28. The summed E-state index contributed by atoms with van der Waals surface area (Å²) >= 11 is 5.80. The molecule has 1 atom stereocenters. The lowest BCUT2D eigenvalue weighted by Crippen LogP contribution is -2.49. The number of hydrogen-bond acceptors (Lipinski definition) is 4. The van der Waals surface area contributed by atoms with Crippen molar-refractivity contribution in [2.45, 2.75) is 26.8 Å². The lowest BCUT2D eigenvalue weighted by molar-refractivity contribution is 0.183. The Morgan fingerprint density at radius 2 is 2.19 bits per heavy atom. The molecule has 1 aromatic rings. The third kappa shape index (κ3) is 1.94. The second kappa shape index (κ2) is 3.77. The highest BCUT2D eigenvalue weighted by molar-refractivity contribution is 6.28. The van der Waals surface area contributed by atoms with Gasteiger partial charge in [0, 0.05) is 7.05 Å². The van der Waals surface area contributed by atoms with Crippen LogP contribution < -0.4 is 9.64 Å². The zero-order valence-corrected chi connectivity index (χ0v) is 10.7. The smallest absolute Gasteiger partial charge is 0.224 e. The molecule has 1 aliphatic heterocycles. The van der Waals surface area contributed by atoms with E-state index in [1.54, 1.807) is 6.20 Å². The van der Waals surface area contributed by atoms with Gasteiger partial charge >= 0.3 is 0 Å². The van der Waals surface area contributed by atoms with Crippen molar-refractivity contribution < 1.29 is 4.74 Å². The molecule has 0 bridgehead atoms. The van der Waals surface area contributed by atoms with E-state index in [0.29, 0.717) is 12.4 Å². The van der Waals surface area contributed by atoms with Crippen molar-refractivity contribution >= 4 is 17.4 Å². The number of aromatic nitrogens is 2. The Morgan fingerprint density at radius 3 is 2.81 bits per heavy atom. The van der Waals surface area contributed by atoms with Crippen molar-refractivity contribution in [3.63, 3.8) is 0 Å². The maximum absolute atomic E-state index is 5.80. The van der Waals surface area contributed by atoms with E-state index in [2.05, 4.69) is 35.6 Å². The quantitative estimate of drug-likeness (QED) is 0.654. The van der Waals surface area contributed by atoms with Crippen molar-refractivity contribution in [3.05, 3.63) is 11.5 Å². The van der Waals surface area contributed by atoms with Crippen LogP contribution in [0.25, 0.3) is 0 Å². The van der Waals surface area contributed by atoms with Crippen molar-refractivity contribution in [1.82, 2.24) is 9.97 Å². The van der Waals surface area contributed by atoms with Crippen molar-refractivity contribution in [1.29, 1.82) is 0 Å². The summed E-state index contributed by atoms with van der Waals surface area (Å²) in [6, 6.07) is 0.283. The summed E-state index contributed by atoms with van der Waals surface area (Å²) in [6.07, 6.45) is 1.63. The molecule has 0 unspecified atom stereocenters. The molecule has 0 aliphatic carbocycles. The van der Waals surface area contributed by atoms with Gasteiger partial charge in [0.1, 0.15) is 6.61 Å². The molecule has 0 aromatic carbocycles. The van der Waals surface area contributed by atoms with E-state index in [-0.39, 0.29) is 16.7 Å². The molecule has 2 heterocycles. The van der Waals surface area contributed by atoms with Crippen LogP contribution in [0.4, 0.5) is 5.82 Å². The molecule has 0 spiro atoms. The molecule has 0 amide bonds. The van der Waals surface area contributed by atoms with Gasteiger partial charge in [0.15, 0.2) is 11.6 Å². The Balaban J connectivity index is 2.38. The third-order valence-corrected chi connectivity index (χ3v) is 3.09. The summed E-state index contributed by atoms with van der Waals surface area (Å²) in [4.78, 5) is 10.2. The van der Waals surface area contributed by atoms with E-state index < -0.39 is 0 Å². The maximum Gasteiger partial charge on any atom is 0.224 e. The van der Waals surface area contributed by atoms with Crippen LogP contribution in [0.3, 0.4) is 0 Å². The summed E-state index contributed by atoms with van der Waals surface area (Å²) in [6.45, 7) is 7.21. The fourth-order valence-corrected chi connectivity index (χ4v) is 2.08. The minimum atomic E-state index is 0.129. The van der Waals surface area contributed by atoms with Gasteiger partial charge < -0.3 is 9.64 Å². The molecule has 2 rings (SSSR count). The van der Waals surface area contributed by atoms with Crippen LogP contribution in [0.15, 0.2) is 6.20 Å². The Bertz CT molecular complexity index is 403. The Hall–Kier alpha value is -1.03. The maximum atomic E-state index is 5.80. The Kier molecular flexibility index (Phi) is 2.70. The second-order valence-corrected chi connectivity index (χ2v) is 5.47. The fourth-order valence-electron chi connectivity index (χ4n) is 1.95. The largest absolute Gasteiger partial charge is 0.486 e. The number of rotatable bonds is 0. The highest BCUT2D eigenvalue weighted by Crippen LogP contribution is 2.36. The van der Waals surface area contributed by atoms with Crippen LogP contribution in [-0.2, 0) is 0 Å². The third-order valence-electron chi connectivity index (χ3n) is 2.90. The zero-order chi connectivity index (χ0) is 11.9. The fraction of sp³-hybridized carbons (Fsp3) is 0.636. The molecular weight excluding hydrogens is 226 g/mol. The van der Waals surface area contributed by atoms with Crippen LogP contribution in [0.2, 0.25) is 5.28 Å². The van der Waals surface area contributed by atoms with Crippen LogP contribution >= 0.6 is 11.6 Å². The van der Waals surface area contributed by atoms with Gasteiger partial charge in [-0.15, -0.1) is 0 Å². The van der Waals surface area contributed by atoms with Gasteiger partial charge in [-0.2, -0.15) is 4.98 Å². The molecule has 0 saturated carbocycles. The first-order chi connectivity index (χ1) is 7.39. The van der Waals surface area contributed by atoms with Crippen LogP contribution in [-0.4, -0.2) is 29.7 Å². The topological polar surface area (TPSA) is 38.2 Å². The van der Waals surface area contributed by atoms with Crippen LogP contribution in [0, 0.1) is 5.41 Å². The molecule has 1 aromatic heterocycles. The average Bonchev–Trinajstić information content (AvgIpc) is 2.17. The number of fused-ring (bicyclic) bond motifs is 1. The molecule has 16 heavy (non-hydrogen) atoms. The lowest BCUT2D eigenvalue weighted by Gasteiger charge is -2.41. The van der Waals surface area contributed by atoms with Crippen molar-refractivity contribution in [2.24, 2.45) is 5.41 Å². The molecule has 1 aliphatic rings. The van der Waals surface area contributed by atoms with Gasteiger partial charge in [-0.1, -0.05) is 20.8 Å². The van der Waals surface area contributed by atoms with E-state index in [9.17, 15) is 0 Å². The minimum absolute atomic E-state index is 0.129. The van der Waals surface area contributed by atoms with Gasteiger partial charge in [-0.05, 0) is 17.0 Å². The summed E-state index contributed by atoms with van der Waals surface area (Å²) < 4.78 is 5.66. The van der Waals surface area contributed by atoms with Crippen molar-refractivity contribution in [2.75, 3.05) is 18.6 Å². The zero-order valence-electron chi connectivity index (χ0n) is 9.99. The molecule has 88 valence electrons. The lowest BCUT2D eigenvalue weighted by atomic mass is 9.86. The van der Waals surface area contributed by atoms with Gasteiger partial charge in [-0.3, -0.25) is 0 Å². The van der Waals surface area contributed by atoms with Crippen molar-refractivity contribution in [3.8, 4) is 5.75 Å². The normalized spacial score (nSPS) is 20.3. The Labute approximate surface area is 101 Å². The molecule has 0 radical (unpaired) electrons. The summed E-state index contributed by atoms with van der Waals surface area (Å²) in [5.74, 6) is 1.47.